The Morgan fingerprint density at radius 3 is 2.70 bits per heavy atom. The monoisotopic (exact) mass is 429 g/mol. The van der Waals surface area contributed by atoms with Gasteiger partial charge >= 0.3 is 5.97 Å². The third-order valence-electron chi connectivity index (χ3n) is 4.93. The topological polar surface area (TPSA) is 65.0 Å². The quantitative estimate of drug-likeness (QED) is 0.427. The van der Waals surface area contributed by atoms with Gasteiger partial charge in [0.15, 0.2) is 0 Å². The highest BCUT2D eigenvalue weighted by atomic mass is 35.5. The molecule has 30 heavy (non-hydrogen) atoms. The first kappa shape index (κ1) is 22.2. The van der Waals surface area contributed by atoms with E-state index >= 15 is 0 Å². The lowest BCUT2D eigenvalue weighted by molar-refractivity contribution is -0.145. The molecule has 2 N–H and O–H groups in total. The molecule has 160 valence electrons. The van der Waals surface area contributed by atoms with Crippen LogP contribution in [0.15, 0.2) is 60.4 Å². The number of hydrogen-bond donors (Lipinski definition) is 2. The number of anilines is 1. The summed E-state index contributed by atoms with van der Waals surface area (Å²) in [5.74, 6) is -0.172. The summed E-state index contributed by atoms with van der Waals surface area (Å²) in [6.07, 6.45) is 4.91. The van der Waals surface area contributed by atoms with Crippen LogP contribution in [0, 0.1) is 0 Å². The van der Waals surface area contributed by atoms with Crippen molar-refractivity contribution < 1.29 is 14.6 Å². The molecular weight excluding hydrogens is 402 g/mol. The van der Waals surface area contributed by atoms with Crippen molar-refractivity contribution in [3.8, 4) is 0 Å². The number of aliphatic hydroxyl groups excluding tert-OH is 1. The lowest BCUT2D eigenvalue weighted by Crippen LogP contribution is -2.40. The van der Waals surface area contributed by atoms with Crippen LogP contribution in [0.1, 0.15) is 43.7 Å². The Morgan fingerprint density at radius 2 is 1.97 bits per heavy atom. The summed E-state index contributed by atoms with van der Waals surface area (Å²) >= 11 is 6.12. The second kappa shape index (κ2) is 11.0. The van der Waals surface area contributed by atoms with E-state index < -0.39 is 0 Å². The van der Waals surface area contributed by atoms with E-state index in [0.29, 0.717) is 23.6 Å². The van der Waals surface area contributed by atoms with Crippen molar-refractivity contribution in [2.24, 2.45) is 0 Å². The van der Waals surface area contributed by atoms with Crippen LogP contribution in [0.2, 0.25) is 5.02 Å². The van der Waals surface area contributed by atoms with E-state index in [0.717, 1.165) is 42.8 Å². The minimum atomic E-state index is -0.172. The van der Waals surface area contributed by atoms with Gasteiger partial charge in [-0.2, -0.15) is 0 Å². The van der Waals surface area contributed by atoms with Crippen molar-refractivity contribution in [1.29, 1.82) is 0 Å². The molecule has 0 saturated carbocycles. The van der Waals surface area contributed by atoms with E-state index in [1.165, 1.54) is 0 Å². The lowest BCUT2D eigenvalue weighted by atomic mass is 10.1. The maximum atomic E-state index is 12.0. The van der Waals surface area contributed by atoms with Crippen molar-refractivity contribution >= 4 is 23.3 Å². The van der Waals surface area contributed by atoms with Gasteiger partial charge in [0.05, 0.1) is 18.0 Å². The smallest absolute Gasteiger partial charge is 0.306 e. The Kier molecular flexibility index (Phi) is 8.13. The zero-order valence-corrected chi connectivity index (χ0v) is 17.9. The van der Waals surface area contributed by atoms with Crippen molar-refractivity contribution in [1.82, 2.24) is 10.5 Å². The first-order valence-electron chi connectivity index (χ1n) is 10.2. The number of hydrazine groups is 2. The minimum absolute atomic E-state index is 0.109. The molecule has 0 saturated heterocycles. The summed E-state index contributed by atoms with van der Waals surface area (Å²) in [6, 6.07) is 15.3. The van der Waals surface area contributed by atoms with Crippen LogP contribution in [-0.4, -0.2) is 22.6 Å². The molecule has 0 amide bonds. The van der Waals surface area contributed by atoms with Gasteiger partial charge in [0.25, 0.3) is 0 Å². The number of esters is 1. The van der Waals surface area contributed by atoms with Crippen LogP contribution in [0.4, 0.5) is 5.69 Å². The first-order chi connectivity index (χ1) is 14.6. The minimum Gasteiger partial charge on any atom is -0.461 e. The number of nitrogens with one attached hydrogen (secondary N) is 1. The molecule has 0 atom stereocenters. The number of halogens is 1. The number of benzene rings is 2. The number of carbonyl (C=O) groups is 1. The molecule has 1 aliphatic rings. The summed E-state index contributed by atoms with van der Waals surface area (Å²) in [6.45, 7) is 3.08. The maximum Gasteiger partial charge on any atom is 0.306 e. The number of unbranched alkanes of at least 4 members (excludes halogenated alkanes) is 1. The van der Waals surface area contributed by atoms with Crippen molar-refractivity contribution in [3.05, 3.63) is 76.6 Å². The van der Waals surface area contributed by atoms with Crippen molar-refractivity contribution in [2.75, 3.05) is 11.6 Å². The zero-order chi connectivity index (χ0) is 21.3. The van der Waals surface area contributed by atoms with Gasteiger partial charge in [0.1, 0.15) is 6.61 Å². The first-order valence-corrected chi connectivity index (χ1v) is 10.6. The normalized spacial score (nSPS) is 13.5. The van der Waals surface area contributed by atoms with E-state index in [9.17, 15) is 9.90 Å². The Balaban J connectivity index is 1.49. The Morgan fingerprint density at radius 1 is 1.17 bits per heavy atom. The molecule has 6 nitrogen and oxygen atoms in total. The Labute approximate surface area is 182 Å². The zero-order valence-electron chi connectivity index (χ0n) is 17.2. The molecule has 0 aromatic heterocycles. The second-order valence-electron chi connectivity index (χ2n) is 7.13. The highest BCUT2D eigenvalue weighted by Crippen LogP contribution is 2.29. The molecular formula is C23H28ClN3O3. The van der Waals surface area contributed by atoms with Gasteiger partial charge in [0, 0.05) is 24.2 Å². The van der Waals surface area contributed by atoms with E-state index in [1.54, 1.807) is 6.07 Å². The molecule has 0 aliphatic carbocycles. The summed E-state index contributed by atoms with van der Waals surface area (Å²) in [7, 11) is 0. The average Bonchev–Trinajstić information content (AvgIpc) is 3.19. The van der Waals surface area contributed by atoms with Gasteiger partial charge in [-0.15, -0.1) is 5.53 Å². The second-order valence-corrected chi connectivity index (χ2v) is 7.54. The number of hydrogen-bond acceptors (Lipinski definition) is 6. The van der Waals surface area contributed by atoms with Crippen LogP contribution >= 0.6 is 11.6 Å². The fourth-order valence-corrected chi connectivity index (χ4v) is 3.41. The lowest BCUT2D eigenvalue weighted by Gasteiger charge is -2.25. The maximum absolute atomic E-state index is 12.0. The molecule has 2 aromatic carbocycles. The molecule has 0 unspecified atom stereocenters. The SMILES string of the molecule is CCN1C=C(CCCCC(=O)OCc2ccccc2)N(c2ccc(Cl)c(CO)c2)N1. The van der Waals surface area contributed by atoms with Crippen LogP contribution in [0.3, 0.4) is 0 Å². The molecule has 0 radical (unpaired) electrons. The third-order valence-corrected chi connectivity index (χ3v) is 5.29. The van der Waals surface area contributed by atoms with Gasteiger partial charge in [-0.1, -0.05) is 41.9 Å². The predicted octanol–water partition coefficient (Wildman–Crippen LogP) is 4.54. The van der Waals surface area contributed by atoms with E-state index in [1.807, 2.05) is 52.5 Å². The number of rotatable bonds is 10. The average molecular weight is 430 g/mol. The molecule has 0 spiro atoms. The molecule has 0 fully saturated rings. The summed E-state index contributed by atoms with van der Waals surface area (Å²) in [5.41, 5.74) is 7.01. The van der Waals surface area contributed by atoms with Gasteiger partial charge in [-0.25, -0.2) is 0 Å². The van der Waals surface area contributed by atoms with Crippen LogP contribution in [-0.2, 0) is 22.7 Å². The Bertz CT molecular complexity index is 873. The third kappa shape index (κ3) is 5.98. The van der Waals surface area contributed by atoms with Gasteiger partial charge in [-0.3, -0.25) is 14.8 Å². The number of ether oxygens (including phenoxy) is 1. The summed E-state index contributed by atoms with van der Waals surface area (Å²) < 4.78 is 5.34. The van der Waals surface area contributed by atoms with Gasteiger partial charge in [0.2, 0.25) is 0 Å². The highest BCUT2D eigenvalue weighted by molar-refractivity contribution is 6.31. The van der Waals surface area contributed by atoms with Crippen LogP contribution in [0.5, 0.6) is 0 Å². The standard InChI is InChI=1S/C23H28ClN3O3/c1-2-26-15-21(27(25-26)20-12-13-22(24)19(14-20)16-28)10-6-7-11-23(29)30-17-18-8-4-3-5-9-18/h3-5,8-9,12-15,25,28H,2,6-7,10-11,16-17H2,1H3. The largest absolute Gasteiger partial charge is 0.461 e. The number of carbonyl (C=O) groups excluding carboxylic acids is 1. The number of aliphatic hydroxyl groups is 1. The molecule has 0 bridgehead atoms. The molecule has 1 heterocycles. The fraction of sp³-hybridized carbons (Fsp3) is 0.348. The molecule has 1 aliphatic heterocycles. The van der Waals surface area contributed by atoms with Gasteiger partial charge < -0.3 is 9.84 Å². The van der Waals surface area contributed by atoms with Crippen molar-refractivity contribution in [3.63, 3.8) is 0 Å². The molecule has 7 heteroatoms. The fourth-order valence-electron chi connectivity index (χ4n) is 3.23. The predicted molar refractivity (Wildman–Crippen MR) is 118 cm³/mol. The molecule has 3 rings (SSSR count). The van der Waals surface area contributed by atoms with E-state index in [4.69, 9.17) is 16.3 Å². The van der Waals surface area contributed by atoms with E-state index in [-0.39, 0.29) is 12.6 Å². The highest BCUT2D eigenvalue weighted by Gasteiger charge is 2.21. The van der Waals surface area contributed by atoms with E-state index in [2.05, 4.69) is 18.7 Å². The Hall–Kier alpha value is -2.54. The van der Waals surface area contributed by atoms with Crippen LogP contribution in [0.25, 0.3) is 0 Å². The number of nitrogens with zero attached hydrogens (tertiary/aromatic N) is 2. The summed E-state index contributed by atoms with van der Waals surface area (Å²) in [4.78, 5) is 12.0. The van der Waals surface area contributed by atoms with Crippen LogP contribution < -0.4 is 10.5 Å². The molecule has 2 aromatic rings. The number of allylic oxidation sites excluding steroid dienone is 1. The van der Waals surface area contributed by atoms with Crippen molar-refractivity contribution in [2.45, 2.75) is 45.8 Å². The summed E-state index contributed by atoms with van der Waals surface area (Å²) in [5, 5.41) is 14.0. The van der Waals surface area contributed by atoms with Gasteiger partial charge in [-0.05, 0) is 55.5 Å².